The van der Waals surface area contributed by atoms with Crippen LogP contribution >= 0.6 is 46.4 Å². The molecule has 3 aromatic carbocycles. The molecule has 3 rings (SSSR count). The smallest absolute Gasteiger partial charge is 0.255 e. The van der Waals surface area contributed by atoms with Crippen LogP contribution in [0.5, 0.6) is 0 Å². The number of ketones is 1. The molecule has 0 spiro atoms. The predicted octanol–water partition coefficient (Wildman–Crippen LogP) is 6.78. The van der Waals surface area contributed by atoms with Gasteiger partial charge >= 0.3 is 0 Å². The van der Waals surface area contributed by atoms with E-state index >= 15 is 0 Å². The number of benzene rings is 3. The minimum absolute atomic E-state index is 0.292. The van der Waals surface area contributed by atoms with Crippen molar-refractivity contribution in [3.8, 4) is 0 Å². The molecular formula is C20H11Cl4NO2. The van der Waals surface area contributed by atoms with Crippen LogP contribution in [-0.2, 0) is 0 Å². The summed E-state index contributed by atoms with van der Waals surface area (Å²) in [5.74, 6) is -0.688. The molecule has 7 heteroatoms. The number of hydrogen-bond donors (Lipinski definition) is 1. The normalized spacial score (nSPS) is 10.5. The molecule has 0 fully saturated rings. The molecule has 0 radical (unpaired) electrons. The highest BCUT2D eigenvalue weighted by Gasteiger charge is 2.14. The summed E-state index contributed by atoms with van der Waals surface area (Å²) < 4.78 is 0. The topological polar surface area (TPSA) is 46.2 Å². The summed E-state index contributed by atoms with van der Waals surface area (Å²) in [6.45, 7) is 0. The molecule has 0 aliphatic rings. The van der Waals surface area contributed by atoms with Crippen LogP contribution < -0.4 is 5.32 Å². The van der Waals surface area contributed by atoms with Crippen molar-refractivity contribution in [1.82, 2.24) is 0 Å². The second-order valence-corrected chi connectivity index (χ2v) is 7.43. The van der Waals surface area contributed by atoms with Gasteiger partial charge in [-0.2, -0.15) is 0 Å². The van der Waals surface area contributed by atoms with Gasteiger partial charge in [0, 0.05) is 42.5 Å². The molecule has 0 aliphatic heterocycles. The highest BCUT2D eigenvalue weighted by Crippen LogP contribution is 2.24. The van der Waals surface area contributed by atoms with E-state index < -0.39 is 5.91 Å². The lowest BCUT2D eigenvalue weighted by Crippen LogP contribution is -2.13. The Morgan fingerprint density at radius 1 is 0.630 bits per heavy atom. The van der Waals surface area contributed by atoms with Gasteiger partial charge in [-0.3, -0.25) is 9.59 Å². The first-order valence-corrected chi connectivity index (χ1v) is 9.21. The lowest BCUT2D eigenvalue weighted by molar-refractivity contribution is 0.102. The number of nitrogens with one attached hydrogen (secondary N) is 1. The van der Waals surface area contributed by atoms with Crippen LogP contribution in [0, 0.1) is 0 Å². The van der Waals surface area contributed by atoms with Crippen molar-refractivity contribution < 1.29 is 9.59 Å². The number of amides is 1. The summed E-state index contributed by atoms with van der Waals surface area (Å²) in [6.07, 6.45) is 0. The first kappa shape index (κ1) is 19.7. The van der Waals surface area contributed by atoms with Gasteiger partial charge < -0.3 is 5.32 Å². The third kappa shape index (κ3) is 5.02. The van der Waals surface area contributed by atoms with E-state index in [-0.39, 0.29) is 5.78 Å². The van der Waals surface area contributed by atoms with Crippen LogP contribution in [0.15, 0.2) is 60.7 Å². The molecule has 1 N–H and O–H groups in total. The lowest BCUT2D eigenvalue weighted by Gasteiger charge is -2.08. The summed E-state index contributed by atoms with van der Waals surface area (Å²) in [4.78, 5) is 25.2. The molecule has 1 amide bonds. The largest absolute Gasteiger partial charge is 0.322 e. The van der Waals surface area contributed by atoms with Gasteiger partial charge in [0.2, 0.25) is 0 Å². The van der Waals surface area contributed by atoms with Crippen LogP contribution in [0.3, 0.4) is 0 Å². The maximum absolute atomic E-state index is 12.7. The Bertz CT molecular complexity index is 1010. The molecule has 0 saturated heterocycles. The van der Waals surface area contributed by atoms with Crippen LogP contribution in [-0.4, -0.2) is 11.7 Å². The fourth-order valence-corrected chi connectivity index (χ4v) is 3.53. The van der Waals surface area contributed by atoms with Gasteiger partial charge in [-0.05, 0) is 48.5 Å². The molecule has 0 heterocycles. The fraction of sp³-hybridized carbons (Fsp3) is 0. The summed E-state index contributed by atoms with van der Waals surface area (Å²) in [6, 6.07) is 15.6. The maximum Gasteiger partial charge on any atom is 0.255 e. The van der Waals surface area contributed by atoms with Gasteiger partial charge in [0.1, 0.15) is 0 Å². The monoisotopic (exact) mass is 437 g/mol. The SMILES string of the molecule is O=C(Nc1cc(Cl)cc(Cl)c1)c1cccc(C(=O)c2cc(Cl)cc(Cl)c2)c1. The minimum atomic E-state index is -0.396. The van der Waals surface area contributed by atoms with Gasteiger partial charge in [0.25, 0.3) is 5.91 Å². The third-order valence-electron chi connectivity index (χ3n) is 3.63. The van der Waals surface area contributed by atoms with E-state index in [2.05, 4.69) is 5.32 Å². The summed E-state index contributed by atoms with van der Waals surface area (Å²) in [7, 11) is 0. The zero-order valence-electron chi connectivity index (χ0n) is 13.6. The standard InChI is InChI=1S/C20H11Cl4NO2/c21-14-5-13(6-15(22)7-14)19(26)11-2-1-3-12(4-11)20(27)25-18-9-16(23)8-17(24)10-18/h1-10H,(H,25,27). The zero-order valence-corrected chi connectivity index (χ0v) is 16.6. The molecule has 0 saturated carbocycles. The van der Waals surface area contributed by atoms with E-state index in [1.54, 1.807) is 42.5 Å². The van der Waals surface area contributed by atoms with E-state index in [1.165, 1.54) is 18.2 Å². The van der Waals surface area contributed by atoms with Gasteiger partial charge in [-0.1, -0.05) is 58.5 Å². The van der Waals surface area contributed by atoms with Crippen molar-refractivity contribution in [3.63, 3.8) is 0 Å². The summed E-state index contributed by atoms with van der Waals surface area (Å²) in [5, 5.41) is 4.23. The minimum Gasteiger partial charge on any atom is -0.322 e. The maximum atomic E-state index is 12.7. The lowest BCUT2D eigenvalue weighted by atomic mass is 10.0. The fourth-order valence-electron chi connectivity index (χ4n) is 2.48. The molecule has 3 nitrogen and oxygen atoms in total. The van der Waals surface area contributed by atoms with E-state index in [4.69, 9.17) is 46.4 Å². The molecule has 0 atom stereocenters. The molecule has 0 aliphatic carbocycles. The van der Waals surface area contributed by atoms with Gasteiger partial charge in [0.05, 0.1) is 0 Å². The Morgan fingerprint density at radius 2 is 1.15 bits per heavy atom. The van der Waals surface area contributed by atoms with Crippen molar-refractivity contribution in [2.24, 2.45) is 0 Å². The molecule has 0 aromatic heterocycles. The Kier molecular flexibility index (Phi) is 6.08. The van der Waals surface area contributed by atoms with Gasteiger partial charge in [-0.15, -0.1) is 0 Å². The Balaban J connectivity index is 1.86. The molecule has 136 valence electrons. The zero-order chi connectivity index (χ0) is 19.6. The van der Waals surface area contributed by atoms with E-state index in [9.17, 15) is 9.59 Å². The number of hydrogen-bond acceptors (Lipinski definition) is 2. The van der Waals surface area contributed by atoms with E-state index in [0.29, 0.717) is 42.5 Å². The molecule has 27 heavy (non-hydrogen) atoms. The quantitative estimate of drug-likeness (QED) is 0.456. The number of anilines is 1. The highest BCUT2D eigenvalue weighted by atomic mass is 35.5. The predicted molar refractivity (Wildman–Crippen MR) is 111 cm³/mol. The first-order valence-electron chi connectivity index (χ1n) is 7.70. The van der Waals surface area contributed by atoms with Crippen molar-refractivity contribution in [1.29, 1.82) is 0 Å². The number of halogens is 4. The van der Waals surface area contributed by atoms with Gasteiger partial charge in [0.15, 0.2) is 5.78 Å². The average molecular weight is 439 g/mol. The number of carbonyl (C=O) groups excluding carboxylic acids is 2. The van der Waals surface area contributed by atoms with E-state index in [1.807, 2.05) is 0 Å². The Hall–Kier alpha value is -2.04. The van der Waals surface area contributed by atoms with Crippen LogP contribution in [0.4, 0.5) is 5.69 Å². The van der Waals surface area contributed by atoms with E-state index in [0.717, 1.165) is 0 Å². The second-order valence-electron chi connectivity index (χ2n) is 5.68. The molecular weight excluding hydrogens is 428 g/mol. The number of rotatable bonds is 4. The summed E-state index contributed by atoms with van der Waals surface area (Å²) in [5.41, 5.74) is 1.44. The third-order valence-corrected chi connectivity index (χ3v) is 4.50. The van der Waals surface area contributed by atoms with Crippen LogP contribution in [0.25, 0.3) is 0 Å². The van der Waals surface area contributed by atoms with Gasteiger partial charge in [-0.25, -0.2) is 0 Å². The average Bonchev–Trinajstić information content (AvgIpc) is 2.59. The Morgan fingerprint density at radius 3 is 1.74 bits per heavy atom. The highest BCUT2D eigenvalue weighted by molar-refractivity contribution is 6.36. The van der Waals surface area contributed by atoms with Crippen molar-refractivity contribution in [3.05, 3.63) is 97.4 Å². The Labute approximate surface area is 175 Å². The second kappa shape index (κ2) is 8.32. The first-order chi connectivity index (χ1) is 12.8. The van der Waals surface area contributed by atoms with Crippen molar-refractivity contribution >= 4 is 63.8 Å². The molecule has 0 bridgehead atoms. The van der Waals surface area contributed by atoms with Crippen LogP contribution in [0.2, 0.25) is 20.1 Å². The molecule has 0 unspecified atom stereocenters. The van der Waals surface area contributed by atoms with Crippen LogP contribution in [0.1, 0.15) is 26.3 Å². The molecule has 3 aromatic rings. The summed E-state index contributed by atoms with van der Waals surface area (Å²) >= 11 is 23.8. The number of carbonyl (C=O) groups is 2. The van der Waals surface area contributed by atoms with Crippen molar-refractivity contribution in [2.45, 2.75) is 0 Å². The van der Waals surface area contributed by atoms with Crippen molar-refractivity contribution in [2.75, 3.05) is 5.32 Å².